The van der Waals surface area contributed by atoms with E-state index in [1.165, 1.54) is 0 Å². The van der Waals surface area contributed by atoms with Gasteiger partial charge in [0.2, 0.25) is 0 Å². The van der Waals surface area contributed by atoms with Crippen molar-refractivity contribution < 1.29 is 9.53 Å². The summed E-state index contributed by atoms with van der Waals surface area (Å²) in [7, 11) is 0. The summed E-state index contributed by atoms with van der Waals surface area (Å²) >= 11 is 21.9. The smallest absolute Gasteiger partial charge is 0.412 e. The molecular weight excluding hydrogens is 308 g/mol. The van der Waals surface area contributed by atoms with Crippen molar-refractivity contribution in [3.8, 4) is 0 Å². The zero-order valence-electron chi connectivity index (χ0n) is 8.34. The van der Waals surface area contributed by atoms with Gasteiger partial charge >= 0.3 is 6.09 Å². The molecule has 1 aromatic carbocycles. The first kappa shape index (κ1) is 14.5. The van der Waals surface area contributed by atoms with E-state index in [4.69, 9.17) is 51.1 Å². The predicted octanol–water partition coefficient (Wildman–Crippen LogP) is 4.41. The number of alkyl carbamates (subject to hydrolysis) is 1. The Bertz CT molecular complexity index is 426. The molecule has 1 amide bonds. The minimum absolute atomic E-state index is 0.0904. The molecule has 0 aliphatic heterocycles. The molecule has 0 spiro atoms. The summed E-state index contributed by atoms with van der Waals surface area (Å²) in [5.41, 5.74) is 0.793. The Balaban J connectivity index is 2.44. The summed E-state index contributed by atoms with van der Waals surface area (Å²) in [6, 6.07) is 6.87. The highest BCUT2D eigenvalue weighted by Crippen LogP contribution is 2.15. The summed E-state index contributed by atoms with van der Waals surface area (Å²) in [5.74, 6) is 0. The van der Waals surface area contributed by atoms with Crippen LogP contribution in [-0.2, 0) is 11.3 Å². The molecule has 0 aromatic heterocycles. The van der Waals surface area contributed by atoms with Crippen molar-refractivity contribution >= 4 is 52.5 Å². The molecule has 7 heteroatoms. The van der Waals surface area contributed by atoms with Crippen LogP contribution in [0.4, 0.5) is 4.79 Å². The number of carbonyl (C=O) groups is 1. The Morgan fingerprint density at radius 3 is 2.29 bits per heavy atom. The molecule has 17 heavy (non-hydrogen) atoms. The number of ether oxygens (including phenoxy) is 1. The van der Waals surface area contributed by atoms with Crippen LogP contribution in [0.25, 0.3) is 0 Å². The number of benzene rings is 1. The molecule has 0 bridgehead atoms. The molecule has 1 aromatic rings. The highest BCUT2D eigenvalue weighted by molar-refractivity contribution is 6.59. The molecule has 0 heterocycles. The molecule has 0 aliphatic rings. The van der Waals surface area contributed by atoms with E-state index in [2.05, 4.69) is 5.32 Å². The van der Waals surface area contributed by atoms with E-state index in [0.29, 0.717) is 5.02 Å². The van der Waals surface area contributed by atoms with Gasteiger partial charge < -0.3 is 4.74 Å². The third kappa shape index (κ3) is 5.50. The van der Waals surface area contributed by atoms with Gasteiger partial charge in [0.1, 0.15) is 16.3 Å². The van der Waals surface area contributed by atoms with Gasteiger partial charge in [0.15, 0.2) is 0 Å². The van der Waals surface area contributed by atoms with Crippen molar-refractivity contribution in [2.24, 2.45) is 0 Å². The Morgan fingerprint density at radius 2 is 1.76 bits per heavy atom. The number of halogens is 4. The van der Waals surface area contributed by atoms with Gasteiger partial charge in [-0.25, -0.2) is 4.79 Å². The molecule has 0 aliphatic carbocycles. The molecule has 0 saturated heterocycles. The minimum atomic E-state index is -0.747. The molecular formula is C10H7Cl4NO2. The maximum Gasteiger partial charge on any atom is 0.412 e. The first-order valence-corrected chi connectivity index (χ1v) is 5.89. The largest absolute Gasteiger partial charge is 0.444 e. The zero-order valence-corrected chi connectivity index (χ0v) is 11.4. The van der Waals surface area contributed by atoms with E-state index < -0.39 is 6.09 Å². The average molecular weight is 315 g/mol. The van der Waals surface area contributed by atoms with Gasteiger partial charge in [-0.15, -0.1) is 0 Å². The van der Waals surface area contributed by atoms with Gasteiger partial charge in [-0.2, -0.15) is 0 Å². The first-order valence-electron chi connectivity index (χ1n) is 4.38. The summed E-state index contributed by atoms with van der Waals surface area (Å²) in [6.45, 7) is 0.0904. The van der Waals surface area contributed by atoms with E-state index >= 15 is 0 Å². The third-order valence-electron chi connectivity index (χ3n) is 1.66. The Hall–Kier alpha value is -0.610. The average Bonchev–Trinajstić information content (AvgIpc) is 2.28. The molecule has 0 radical (unpaired) electrons. The fourth-order valence-electron chi connectivity index (χ4n) is 0.902. The van der Waals surface area contributed by atoms with Gasteiger partial charge in [0, 0.05) is 5.02 Å². The number of rotatable bonds is 3. The van der Waals surface area contributed by atoms with Crippen LogP contribution in [0, 0.1) is 0 Å². The number of nitrogens with one attached hydrogen (secondary N) is 1. The van der Waals surface area contributed by atoms with Crippen LogP contribution in [0.3, 0.4) is 0 Å². The molecule has 0 atom stereocenters. The Labute approximate surface area is 118 Å². The number of hydrogen-bond acceptors (Lipinski definition) is 2. The van der Waals surface area contributed by atoms with E-state index in [1.807, 2.05) is 0 Å². The molecule has 1 N–H and O–H groups in total. The van der Waals surface area contributed by atoms with Crippen molar-refractivity contribution in [3.05, 3.63) is 44.5 Å². The summed E-state index contributed by atoms with van der Waals surface area (Å²) in [5, 5.41) is 2.58. The lowest BCUT2D eigenvalue weighted by Crippen LogP contribution is -2.21. The molecule has 0 fully saturated rings. The SMILES string of the molecule is O=C(NC(Cl)=C(Cl)Cl)OCc1ccc(Cl)cc1. The molecule has 0 unspecified atom stereocenters. The van der Waals surface area contributed by atoms with Crippen molar-refractivity contribution in [1.29, 1.82) is 0 Å². The summed E-state index contributed by atoms with van der Waals surface area (Å²) in [6.07, 6.45) is -0.747. The van der Waals surface area contributed by atoms with Gasteiger partial charge in [-0.05, 0) is 17.7 Å². The van der Waals surface area contributed by atoms with E-state index in [0.717, 1.165) is 5.56 Å². The molecule has 0 saturated carbocycles. The highest BCUT2D eigenvalue weighted by Gasteiger charge is 2.06. The monoisotopic (exact) mass is 313 g/mol. The summed E-state index contributed by atoms with van der Waals surface area (Å²) < 4.78 is 4.62. The molecule has 1 rings (SSSR count). The normalized spacial score (nSPS) is 9.65. The van der Waals surface area contributed by atoms with Crippen molar-refractivity contribution in [1.82, 2.24) is 5.32 Å². The van der Waals surface area contributed by atoms with Crippen molar-refractivity contribution in [2.75, 3.05) is 0 Å². The highest BCUT2D eigenvalue weighted by atomic mass is 35.5. The lowest BCUT2D eigenvalue weighted by atomic mass is 10.2. The maximum atomic E-state index is 11.2. The second-order valence-electron chi connectivity index (χ2n) is 2.90. The van der Waals surface area contributed by atoms with Gasteiger partial charge in [0.25, 0.3) is 0 Å². The topological polar surface area (TPSA) is 38.3 Å². The number of carbonyl (C=O) groups excluding carboxylic acids is 1. The molecule has 92 valence electrons. The second kappa shape index (κ2) is 6.97. The third-order valence-corrected chi connectivity index (χ3v) is 2.77. The van der Waals surface area contributed by atoms with Crippen LogP contribution in [0.5, 0.6) is 0 Å². The standard InChI is InChI=1S/C10H7Cl4NO2/c11-7-3-1-6(2-4-7)5-17-10(16)15-9(14)8(12)13/h1-4H,5H2,(H,15,16). The van der Waals surface area contributed by atoms with Gasteiger partial charge in [-0.1, -0.05) is 58.5 Å². The van der Waals surface area contributed by atoms with E-state index in [9.17, 15) is 4.79 Å². The lowest BCUT2D eigenvalue weighted by molar-refractivity contribution is 0.143. The Kier molecular flexibility index (Phi) is 5.92. The van der Waals surface area contributed by atoms with Crippen LogP contribution < -0.4 is 5.32 Å². The fourth-order valence-corrected chi connectivity index (χ4v) is 1.20. The van der Waals surface area contributed by atoms with Crippen LogP contribution in [0.15, 0.2) is 33.9 Å². The zero-order chi connectivity index (χ0) is 12.8. The molecule has 3 nitrogen and oxygen atoms in total. The maximum absolute atomic E-state index is 11.2. The Morgan fingerprint density at radius 1 is 1.18 bits per heavy atom. The van der Waals surface area contributed by atoms with E-state index in [-0.39, 0.29) is 16.3 Å². The summed E-state index contributed by atoms with van der Waals surface area (Å²) in [4.78, 5) is 11.2. The fraction of sp³-hybridized carbons (Fsp3) is 0.100. The lowest BCUT2D eigenvalue weighted by Gasteiger charge is -2.06. The van der Waals surface area contributed by atoms with Crippen LogP contribution in [-0.4, -0.2) is 6.09 Å². The first-order chi connectivity index (χ1) is 7.99. The number of amides is 1. The van der Waals surface area contributed by atoms with Crippen molar-refractivity contribution in [2.45, 2.75) is 6.61 Å². The van der Waals surface area contributed by atoms with Crippen LogP contribution in [0.2, 0.25) is 5.02 Å². The van der Waals surface area contributed by atoms with E-state index in [1.54, 1.807) is 24.3 Å². The van der Waals surface area contributed by atoms with Gasteiger partial charge in [-0.3, -0.25) is 5.32 Å². The second-order valence-corrected chi connectivity index (χ2v) is 4.67. The number of hydrogen-bond donors (Lipinski definition) is 1. The quantitative estimate of drug-likeness (QED) is 0.839. The van der Waals surface area contributed by atoms with Gasteiger partial charge in [0.05, 0.1) is 0 Å². The van der Waals surface area contributed by atoms with Crippen LogP contribution >= 0.6 is 46.4 Å². The predicted molar refractivity (Wildman–Crippen MR) is 69.4 cm³/mol. The minimum Gasteiger partial charge on any atom is -0.444 e. The van der Waals surface area contributed by atoms with Crippen LogP contribution in [0.1, 0.15) is 5.56 Å². The van der Waals surface area contributed by atoms with Crippen molar-refractivity contribution in [3.63, 3.8) is 0 Å².